The zero-order valence-corrected chi connectivity index (χ0v) is 19.8. The predicted molar refractivity (Wildman–Crippen MR) is 133 cm³/mol. The minimum absolute atomic E-state index is 0.0463. The Morgan fingerprint density at radius 1 is 0.912 bits per heavy atom. The summed E-state index contributed by atoms with van der Waals surface area (Å²) in [4.78, 5) is 11.3. The molecule has 0 radical (unpaired) electrons. The van der Waals surface area contributed by atoms with Crippen molar-refractivity contribution in [2.75, 3.05) is 10.6 Å². The highest BCUT2D eigenvalue weighted by Gasteiger charge is 2.51. The van der Waals surface area contributed by atoms with E-state index in [2.05, 4.69) is 20.8 Å². The maximum absolute atomic E-state index is 11.3. The van der Waals surface area contributed by atoms with E-state index in [1.807, 2.05) is 42.5 Å². The minimum Gasteiger partial charge on any atom is -0.376 e. The van der Waals surface area contributed by atoms with Crippen LogP contribution in [0, 0.1) is 17.8 Å². The molecule has 34 heavy (non-hydrogen) atoms. The number of hydrogen-bond acceptors (Lipinski definition) is 6. The van der Waals surface area contributed by atoms with E-state index in [-0.39, 0.29) is 11.3 Å². The molecule has 1 heterocycles. The summed E-state index contributed by atoms with van der Waals surface area (Å²) < 4.78 is 22.0. The summed E-state index contributed by atoms with van der Waals surface area (Å²) in [6.45, 7) is 0. The van der Waals surface area contributed by atoms with Gasteiger partial charge in [0.05, 0.1) is 17.0 Å². The van der Waals surface area contributed by atoms with Crippen LogP contribution in [-0.2, 0) is 21.3 Å². The van der Waals surface area contributed by atoms with Gasteiger partial charge >= 0.3 is 0 Å². The Kier molecular flexibility index (Phi) is 5.28. The summed E-state index contributed by atoms with van der Waals surface area (Å²) in [5.41, 5.74) is 4.43. The zero-order valence-electron chi connectivity index (χ0n) is 18.9. The number of nitrogens with one attached hydrogen (secondary N) is 2. The third-order valence-electron chi connectivity index (χ3n) is 7.98. The number of rotatable bonds is 7. The maximum Gasteiger partial charge on any atom is 0.212 e. The fourth-order valence-corrected chi connectivity index (χ4v) is 7.56. The molecule has 8 heteroatoms. The van der Waals surface area contributed by atoms with Gasteiger partial charge in [-0.2, -0.15) is 0 Å². The molecule has 0 unspecified atom stereocenters. The Labute approximate surface area is 200 Å². The van der Waals surface area contributed by atoms with E-state index in [1.54, 1.807) is 0 Å². The second kappa shape index (κ2) is 8.34. The molecular weight excluding hydrogens is 448 g/mol. The van der Waals surface area contributed by atoms with Crippen LogP contribution >= 0.6 is 0 Å². The van der Waals surface area contributed by atoms with Crippen LogP contribution < -0.4 is 10.6 Å². The average molecular weight is 477 g/mol. The Hall–Kier alpha value is -3.00. The number of aromatic nitrogens is 2. The Bertz CT molecular complexity index is 1290. The Balaban J connectivity index is 1.36. The topological polar surface area (TPSA) is 101 Å². The van der Waals surface area contributed by atoms with Crippen molar-refractivity contribution in [3.63, 3.8) is 0 Å². The van der Waals surface area contributed by atoms with Crippen LogP contribution in [-0.4, -0.2) is 30.6 Å². The first-order valence-electron chi connectivity index (χ1n) is 12.0. The molecule has 7 nitrogen and oxygen atoms in total. The third kappa shape index (κ3) is 3.94. The second-order valence-corrected chi connectivity index (χ2v) is 11.4. The summed E-state index contributed by atoms with van der Waals surface area (Å²) in [5.74, 6) is 2.93. The summed E-state index contributed by atoms with van der Waals surface area (Å²) in [6, 6.07) is 13.6. The first-order valence-corrected chi connectivity index (χ1v) is 13.4. The van der Waals surface area contributed by atoms with Crippen molar-refractivity contribution >= 4 is 39.5 Å². The van der Waals surface area contributed by atoms with Gasteiger partial charge in [0, 0.05) is 10.9 Å². The van der Waals surface area contributed by atoms with Gasteiger partial charge in [-0.3, -0.25) is 4.79 Å². The van der Waals surface area contributed by atoms with Crippen molar-refractivity contribution in [1.82, 2.24) is 10.2 Å². The molecule has 176 valence electrons. The molecule has 0 atom stereocenters. The fraction of sp³-hybridized carbons (Fsp3) is 0.423. The van der Waals surface area contributed by atoms with Crippen LogP contribution in [0.5, 0.6) is 0 Å². The van der Waals surface area contributed by atoms with Gasteiger partial charge < -0.3 is 10.6 Å². The van der Waals surface area contributed by atoms with E-state index in [9.17, 15) is 13.2 Å². The van der Waals surface area contributed by atoms with E-state index in [0.29, 0.717) is 12.2 Å². The molecule has 2 aromatic carbocycles. The van der Waals surface area contributed by atoms with Gasteiger partial charge in [0.1, 0.15) is 10.7 Å². The molecule has 4 saturated carbocycles. The van der Waals surface area contributed by atoms with E-state index in [1.165, 1.54) is 38.5 Å². The van der Waals surface area contributed by atoms with Gasteiger partial charge in [-0.25, -0.2) is 8.42 Å². The molecule has 3 aromatic rings. The lowest BCUT2D eigenvalue weighted by atomic mass is 9.53. The molecule has 1 aromatic heterocycles. The third-order valence-corrected chi connectivity index (χ3v) is 8.61. The summed E-state index contributed by atoms with van der Waals surface area (Å²) in [7, 11) is -2.44. The zero-order chi connectivity index (χ0) is 23.3. The lowest BCUT2D eigenvalue weighted by molar-refractivity contribution is -0.105. The normalized spacial score (nSPS) is 27.3. The SMILES string of the molecule is O=CNc1nnc2cc(-c3ccc(C[SH](=O)=O)cc3)ccc2c1NC12CC3CC(CC(C3)C1)C2. The van der Waals surface area contributed by atoms with Gasteiger partial charge in [-0.05, 0) is 85.1 Å². The molecule has 4 aliphatic carbocycles. The summed E-state index contributed by atoms with van der Waals surface area (Å²) >= 11 is 0. The van der Waals surface area contributed by atoms with Crippen LogP contribution in [0.4, 0.5) is 11.5 Å². The van der Waals surface area contributed by atoms with Crippen molar-refractivity contribution in [2.24, 2.45) is 17.8 Å². The highest BCUT2D eigenvalue weighted by atomic mass is 32.2. The predicted octanol–water partition coefficient (Wildman–Crippen LogP) is 4.36. The van der Waals surface area contributed by atoms with E-state index in [0.717, 1.165) is 51.0 Å². The van der Waals surface area contributed by atoms with Gasteiger partial charge in [-0.15, -0.1) is 10.2 Å². The highest BCUT2D eigenvalue weighted by Crippen LogP contribution is 2.57. The Morgan fingerprint density at radius 2 is 1.56 bits per heavy atom. The molecule has 1 amide bonds. The molecule has 0 saturated heterocycles. The standard InChI is InChI=1S/C26H28N4O3S/c31-15-27-25-24(28-26-11-17-7-18(12-26)9-19(8-17)13-26)22-6-5-21(10-23(22)29-30-25)20-3-1-16(2-4-20)14-34(32)33/h1-6,10,15,17-19,34H,7-9,11-14H2,(H,28,29)(H,27,30,31). The van der Waals surface area contributed by atoms with Crippen LogP contribution in [0.1, 0.15) is 44.1 Å². The molecule has 4 fully saturated rings. The number of carbonyl (C=O) groups excluding carboxylic acids is 1. The van der Waals surface area contributed by atoms with Crippen LogP contribution in [0.2, 0.25) is 0 Å². The van der Waals surface area contributed by atoms with Crippen LogP contribution in [0.15, 0.2) is 42.5 Å². The largest absolute Gasteiger partial charge is 0.376 e. The fourth-order valence-electron chi connectivity index (χ4n) is 7.05. The molecule has 7 rings (SSSR count). The highest BCUT2D eigenvalue weighted by molar-refractivity contribution is 7.71. The molecule has 0 aliphatic heterocycles. The van der Waals surface area contributed by atoms with E-state index in [4.69, 9.17) is 0 Å². The van der Waals surface area contributed by atoms with Gasteiger partial charge in [0.15, 0.2) is 5.82 Å². The van der Waals surface area contributed by atoms with Gasteiger partial charge in [0.2, 0.25) is 6.41 Å². The first-order chi connectivity index (χ1) is 16.5. The number of amides is 1. The molecule has 4 aliphatic rings. The Morgan fingerprint density at radius 3 is 2.18 bits per heavy atom. The van der Waals surface area contributed by atoms with Crippen LogP contribution in [0.3, 0.4) is 0 Å². The minimum atomic E-state index is -2.44. The number of carbonyl (C=O) groups is 1. The van der Waals surface area contributed by atoms with Crippen molar-refractivity contribution in [2.45, 2.75) is 49.8 Å². The first kappa shape index (κ1) is 21.5. The van der Waals surface area contributed by atoms with E-state index < -0.39 is 10.7 Å². The van der Waals surface area contributed by atoms with Crippen molar-refractivity contribution < 1.29 is 13.2 Å². The smallest absolute Gasteiger partial charge is 0.212 e. The average Bonchev–Trinajstić information content (AvgIpc) is 2.79. The number of fused-ring (bicyclic) bond motifs is 1. The van der Waals surface area contributed by atoms with Gasteiger partial charge in [-0.1, -0.05) is 30.3 Å². The molecule has 2 N–H and O–H groups in total. The summed E-state index contributed by atoms with van der Waals surface area (Å²) in [6.07, 6.45) is 8.30. The number of benzene rings is 2. The molecular formula is C26H28N4O3S. The lowest BCUT2D eigenvalue weighted by Gasteiger charge is -2.57. The van der Waals surface area contributed by atoms with Gasteiger partial charge in [0.25, 0.3) is 0 Å². The van der Waals surface area contributed by atoms with Crippen molar-refractivity contribution in [3.8, 4) is 11.1 Å². The molecule has 0 spiro atoms. The number of anilines is 2. The monoisotopic (exact) mass is 476 g/mol. The number of nitrogens with zero attached hydrogens (tertiary/aromatic N) is 2. The lowest BCUT2D eigenvalue weighted by Crippen LogP contribution is -2.54. The maximum atomic E-state index is 11.3. The second-order valence-electron chi connectivity index (χ2n) is 10.4. The summed E-state index contributed by atoms with van der Waals surface area (Å²) in [5, 5.41) is 16.3. The van der Waals surface area contributed by atoms with Crippen LogP contribution in [0.25, 0.3) is 22.0 Å². The van der Waals surface area contributed by atoms with Crippen molar-refractivity contribution in [1.29, 1.82) is 0 Å². The van der Waals surface area contributed by atoms with Crippen molar-refractivity contribution in [3.05, 3.63) is 48.0 Å². The quantitative estimate of drug-likeness (QED) is 0.346. The number of hydrogen-bond donors (Lipinski definition) is 3. The molecule has 4 bridgehead atoms. The number of thiol groups is 1. The van der Waals surface area contributed by atoms with E-state index >= 15 is 0 Å².